The Balaban J connectivity index is 1.27. The van der Waals surface area contributed by atoms with Crippen molar-refractivity contribution in [1.82, 2.24) is 0 Å². The maximum Gasteiger partial charge on any atom is 0.314 e. The molecule has 0 atom stereocenters. The molecule has 2 radical (unpaired) electrons. The molecule has 0 saturated heterocycles. The van der Waals surface area contributed by atoms with Crippen LogP contribution >= 0.6 is 0 Å². The van der Waals surface area contributed by atoms with Crippen LogP contribution in [0.2, 0.25) is 5.82 Å². The highest BCUT2D eigenvalue weighted by molar-refractivity contribution is 6.11. The van der Waals surface area contributed by atoms with Crippen LogP contribution in [-0.2, 0) is 9.53 Å². The molecule has 4 aliphatic rings. The molecule has 2 nitrogen and oxygen atoms in total. The molecule has 0 aromatic heterocycles. The molecule has 0 aromatic carbocycles. The van der Waals surface area contributed by atoms with Crippen molar-refractivity contribution in [3.05, 3.63) is 34.9 Å². The minimum absolute atomic E-state index is 0.0496. The van der Waals surface area contributed by atoms with E-state index in [0.717, 1.165) is 37.5 Å². The normalized spacial score (nSPS) is 33.9. The number of hydrogen-bond donors (Lipinski definition) is 0. The molecule has 0 aliphatic heterocycles. The summed E-state index contributed by atoms with van der Waals surface area (Å²) in [7, 11) is 6.05. The third-order valence-electron chi connectivity index (χ3n) is 7.59. The summed E-state index contributed by atoms with van der Waals surface area (Å²) in [6, 6.07) is 0. The topological polar surface area (TPSA) is 26.3 Å². The van der Waals surface area contributed by atoms with Crippen molar-refractivity contribution in [3.8, 4) is 0 Å². The molecule has 0 heterocycles. The van der Waals surface area contributed by atoms with Gasteiger partial charge in [-0.25, -0.2) is 0 Å². The van der Waals surface area contributed by atoms with Crippen LogP contribution in [0.1, 0.15) is 83.5 Å². The van der Waals surface area contributed by atoms with Gasteiger partial charge >= 0.3 is 5.97 Å². The number of rotatable bonds is 4. The van der Waals surface area contributed by atoms with Crippen LogP contribution in [0.25, 0.3) is 0 Å². The van der Waals surface area contributed by atoms with Crippen LogP contribution in [0.4, 0.5) is 0 Å². The first-order chi connectivity index (χ1) is 13.7. The van der Waals surface area contributed by atoms with E-state index in [-0.39, 0.29) is 11.9 Å². The fourth-order valence-electron chi connectivity index (χ4n) is 5.73. The molecule has 4 rings (SSSR count). The van der Waals surface area contributed by atoms with Crippen molar-refractivity contribution in [2.45, 2.75) is 89.3 Å². The van der Waals surface area contributed by atoms with Crippen molar-refractivity contribution < 1.29 is 9.53 Å². The number of allylic oxidation sites excluding steroid dienone is 3. The SMILES string of the molecule is [B]C1CCC(C2CCC(C(=O)OC3=C=C=C(C4CCCCC4)C=C3)CC2)CC1. The molecular formula is C25H33BO2. The van der Waals surface area contributed by atoms with Gasteiger partial charge in [0.05, 0.1) is 13.8 Å². The van der Waals surface area contributed by atoms with E-state index in [9.17, 15) is 4.79 Å². The summed E-state index contributed by atoms with van der Waals surface area (Å²) in [5.41, 5.74) is 7.57. The molecule has 0 amide bonds. The number of hydrogen-bond acceptors (Lipinski definition) is 2. The van der Waals surface area contributed by atoms with Crippen LogP contribution in [0.3, 0.4) is 0 Å². The second-order valence-electron chi connectivity index (χ2n) is 9.45. The van der Waals surface area contributed by atoms with Gasteiger partial charge in [0.2, 0.25) is 0 Å². The van der Waals surface area contributed by atoms with Crippen molar-refractivity contribution in [1.29, 1.82) is 0 Å². The summed E-state index contributed by atoms with van der Waals surface area (Å²) in [4.78, 5) is 12.6. The molecule has 0 bridgehead atoms. The van der Waals surface area contributed by atoms with Crippen LogP contribution in [0.5, 0.6) is 0 Å². The van der Waals surface area contributed by atoms with Gasteiger partial charge in [0.15, 0.2) is 5.76 Å². The largest absolute Gasteiger partial charge is 0.417 e. The fourth-order valence-corrected chi connectivity index (χ4v) is 5.73. The lowest BCUT2D eigenvalue weighted by molar-refractivity contribution is -0.145. The standard InChI is InChI=1S/C25H33BO2/c26-23-14-10-20(11-15-23)19-6-8-22(9-7-19)25(27)28-24-16-12-21(13-17-24)18-4-2-1-3-5-18/h12,16,18-20,22-23H,1-11,14-15H2. The third-order valence-corrected chi connectivity index (χ3v) is 7.59. The molecule has 3 saturated carbocycles. The van der Waals surface area contributed by atoms with E-state index in [1.807, 2.05) is 6.08 Å². The van der Waals surface area contributed by atoms with Crippen LogP contribution in [0.15, 0.2) is 34.9 Å². The molecule has 3 heteroatoms. The quantitative estimate of drug-likeness (QED) is 0.332. The molecular weight excluding hydrogens is 343 g/mol. The van der Waals surface area contributed by atoms with E-state index in [0.29, 0.717) is 17.5 Å². The molecule has 4 aliphatic carbocycles. The fraction of sp³-hybridized carbons (Fsp3) is 0.720. The monoisotopic (exact) mass is 376 g/mol. The Kier molecular flexibility index (Phi) is 6.66. The molecule has 0 N–H and O–H groups in total. The lowest BCUT2D eigenvalue weighted by Crippen LogP contribution is -2.28. The zero-order valence-electron chi connectivity index (χ0n) is 17.1. The highest BCUT2D eigenvalue weighted by atomic mass is 16.5. The summed E-state index contributed by atoms with van der Waals surface area (Å²) >= 11 is 0. The van der Waals surface area contributed by atoms with E-state index in [2.05, 4.69) is 17.5 Å². The summed E-state index contributed by atoms with van der Waals surface area (Å²) in [5, 5.41) is 0. The van der Waals surface area contributed by atoms with Gasteiger partial charge in [0, 0.05) is 5.57 Å². The first-order valence-electron chi connectivity index (χ1n) is 11.6. The molecule has 0 spiro atoms. The van der Waals surface area contributed by atoms with Gasteiger partial charge in [-0.05, 0) is 74.2 Å². The summed E-state index contributed by atoms with van der Waals surface area (Å²) < 4.78 is 5.65. The summed E-state index contributed by atoms with van der Waals surface area (Å²) in [6.45, 7) is 0. The van der Waals surface area contributed by atoms with E-state index in [4.69, 9.17) is 12.6 Å². The Labute approximate surface area is 171 Å². The van der Waals surface area contributed by atoms with Crippen LogP contribution < -0.4 is 0 Å². The van der Waals surface area contributed by atoms with Crippen LogP contribution in [-0.4, -0.2) is 13.8 Å². The minimum Gasteiger partial charge on any atom is -0.417 e. The number of ether oxygens (including phenoxy) is 1. The smallest absolute Gasteiger partial charge is 0.314 e. The minimum atomic E-state index is -0.0702. The Morgan fingerprint density at radius 1 is 0.821 bits per heavy atom. The molecule has 148 valence electrons. The maximum absolute atomic E-state index is 12.6. The molecule has 3 fully saturated rings. The van der Waals surface area contributed by atoms with E-state index < -0.39 is 0 Å². The molecule has 0 aromatic rings. The zero-order valence-corrected chi connectivity index (χ0v) is 17.1. The van der Waals surface area contributed by atoms with Crippen molar-refractivity contribution >= 4 is 13.8 Å². The predicted molar refractivity (Wildman–Crippen MR) is 113 cm³/mol. The maximum atomic E-state index is 12.6. The van der Waals surface area contributed by atoms with Gasteiger partial charge < -0.3 is 4.74 Å². The molecule has 28 heavy (non-hydrogen) atoms. The van der Waals surface area contributed by atoms with Crippen LogP contribution in [0, 0.1) is 23.7 Å². The Bertz CT molecular complexity index is 686. The Morgan fingerprint density at radius 3 is 2.07 bits per heavy atom. The lowest BCUT2D eigenvalue weighted by atomic mass is 9.65. The van der Waals surface area contributed by atoms with E-state index >= 15 is 0 Å². The van der Waals surface area contributed by atoms with Crippen molar-refractivity contribution in [2.75, 3.05) is 0 Å². The van der Waals surface area contributed by atoms with Gasteiger partial charge in [-0.15, -0.1) is 0 Å². The molecule has 0 unspecified atom stereocenters. The number of esters is 1. The highest BCUT2D eigenvalue weighted by Gasteiger charge is 2.33. The second kappa shape index (κ2) is 9.38. The van der Waals surface area contributed by atoms with Gasteiger partial charge in [0.25, 0.3) is 0 Å². The van der Waals surface area contributed by atoms with Gasteiger partial charge in [0.1, 0.15) is 0 Å². The predicted octanol–water partition coefficient (Wildman–Crippen LogP) is 6.20. The van der Waals surface area contributed by atoms with Gasteiger partial charge in [-0.1, -0.05) is 56.5 Å². The van der Waals surface area contributed by atoms with Gasteiger partial charge in [-0.3, -0.25) is 4.79 Å². The second-order valence-corrected chi connectivity index (χ2v) is 9.45. The zero-order chi connectivity index (χ0) is 19.3. The van der Waals surface area contributed by atoms with Gasteiger partial charge in [-0.2, -0.15) is 0 Å². The summed E-state index contributed by atoms with van der Waals surface area (Å²) in [6.07, 6.45) is 19.6. The third kappa shape index (κ3) is 4.94. The number of carbonyl (C=O) groups excluding carboxylic acids is 1. The number of carbonyl (C=O) groups is 1. The van der Waals surface area contributed by atoms with E-state index in [1.165, 1.54) is 63.4 Å². The highest BCUT2D eigenvalue weighted by Crippen LogP contribution is 2.42. The average molecular weight is 376 g/mol. The van der Waals surface area contributed by atoms with E-state index in [1.54, 1.807) is 0 Å². The Morgan fingerprint density at radius 2 is 1.46 bits per heavy atom. The first kappa shape index (κ1) is 19.9. The van der Waals surface area contributed by atoms with Crippen molar-refractivity contribution in [2.24, 2.45) is 23.7 Å². The average Bonchev–Trinajstić information content (AvgIpc) is 2.75. The lowest BCUT2D eigenvalue weighted by Gasteiger charge is -2.36. The summed E-state index contributed by atoms with van der Waals surface area (Å²) in [5.74, 6) is 3.15. The Hall–Kier alpha value is -1.43. The first-order valence-corrected chi connectivity index (χ1v) is 11.6. The van der Waals surface area contributed by atoms with Crippen molar-refractivity contribution in [3.63, 3.8) is 0 Å².